The zero-order chi connectivity index (χ0) is 85.2. The molecule has 11 heterocycles. The first-order valence-electron chi connectivity index (χ1n) is 39.5. The lowest BCUT2D eigenvalue weighted by Crippen LogP contribution is -2.26. The molecule has 7 N–H and O–H groups in total. The summed E-state index contributed by atoms with van der Waals surface area (Å²) >= 11 is 6.91. The van der Waals surface area contributed by atoms with E-state index in [9.17, 15) is 24.0 Å². The van der Waals surface area contributed by atoms with Gasteiger partial charge >= 0.3 is 0 Å². The summed E-state index contributed by atoms with van der Waals surface area (Å²) in [5, 5.41) is 15.4. The molecular formula is C94H103Br2N17O10. The minimum absolute atomic E-state index is 0. The monoisotopic (exact) mass is 1790 g/mol. The summed E-state index contributed by atoms with van der Waals surface area (Å²) < 4.78 is 27.4. The molecule has 19 rings (SSSR count). The zero-order valence-corrected chi connectivity index (χ0v) is 71.3. The number of ether oxygens (including phenoxy) is 5. The van der Waals surface area contributed by atoms with Gasteiger partial charge in [0.2, 0.25) is 0 Å². The van der Waals surface area contributed by atoms with Crippen LogP contribution in [0.2, 0.25) is 0 Å². The Labute approximate surface area is 734 Å². The number of amides is 5. The summed E-state index contributed by atoms with van der Waals surface area (Å²) in [4.78, 5) is 97.9. The van der Waals surface area contributed by atoms with Gasteiger partial charge in [0.25, 0.3) is 29.5 Å². The van der Waals surface area contributed by atoms with E-state index in [1.165, 1.54) is 51.0 Å². The quantitative estimate of drug-likeness (QED) is 0.0555. The number of carbonyl (C=O) groups is 5. The number of fused-ring (bicyclic) bond motifs is 5. The topological polar surface area (TPSA) is 331 Å². The van der Waals surface area contributed by atoms with Gasteiger partial charge in [-0.2, -0.15) is 0 Å². The van der Waals surface area contributed by atoms with Gasteiger partial charge in [-0.15, -0.1) is 0 Å². The van der Waals surface area contributed by atoms with Crippen LogP contribution in [0.3, 0.4) is 0 Å². The number of nitrogens with zero attached hydrogens (tertiary/aromatic N) is 11. The first-order chi connectivity index (χ1) is 58.8. The van der Waals surface area contributed by atoms with E-state index >= 15 is 0 Å². The molecule has 0 spiro atoms. The Kier molecular flexibility index (Phi) is 34.1. The van der Waals surface area contributed by atoms with Gasteiger partial charge in [-0.3, -0.25) is 24.0 Å². The van der Waals surface area contributed by atoms with Crippen molar-refractivity contribution in [3.05, 3.63) is 319 Å². The number of anilines is 7. The van der Waals surface area contributed by atoms with Gasteiger partial charge in [0, 0.05) is 131 Å². The molecule has 7 aliphatic rings. The Hall–Kier alpha value is -13.1. The van der Waals surface area contributed by atoms with Crippen molar-refractivity contribution >= 4 is 102 Å². The van der Waals surface area contributed by atoms with Crippen LogP contribution in [0.4, 0.5) is 40.3 Å². The Bertz CT molecular complexity index is 5330. The lowest BCUT2D eigenvalue weighted by molar-refractivity contribution is 0.0715. The summed E-state index contributed by atoms with van der Waals surface area (Å²) in [5.41, 5.74) is 20.3. The van der Waals surface area contributed by atoms with E-state index in [-0.39, 0.29) is 68.6 Å². The minimum atomic E-state index is -0.00825. The average molecular weight is 1790 g/mol. The third-order valence-electron chi connectivity index (χ3n) is 20.4. The van der Waals surface area contributed by atoms with E-state index in [1.807, 2.05) is 192 Å². The molecule has 7 aliphatic heterocycles. The molecule has 638 valence electrons. The zero-order valence-electron chi connectivity index (χ0n) is 68.1. The molecule has 0 saturated carbocycles. The van der Waals surface area contributed by atoms with Crippen LogP contribution < -0.4 is 46.5 Å². The molecule has 2 saturated heterocycles. The van der Waals surface area contributed by atoms with Crippen molar-refractivity contribution in [1.29, 1.82) is 0 Å². The molecule has 0 aliphatic carbocycles. The second-order valence-corrected chi connectivity index (χ2v) is 30.5. The molecule has 5 amide bonds. The van der Waals surface area contributed by atoms with E-state index in [0.29, 0.717) is 32.0 Å². The summed E-state index contributed by atoms with van der Waals surface area (Å²) in [7, 11) is 4.94. The van der Waals surface area contributed by atoms with E-state index < -0.39 is 0 Å². The Morgan fingerprint density at radius 3 is 1.11 bits per heavy atom. The number of nitrogens with one attached hydrogen (secondary N) is 5. The predicted octanol–water partition coefficient (Wildman–Crippen LogP) is 18.7. The number of rotatable bonds is 15. The minimum Gasteiger partial charge on any atom is -0.497 e. The molecule has 12 aromatic rings. The Morgan fingerprint density at radius 1 is 0.407 bits per heavy atom. The predicted molar refractivity (Wildman–Crippen MR) is 484 cm³/mol. The number of nitrogens with two attached hydrogens (primary N) is 1. The van der Waals surface area contributed by atoms with Crippen LogP contribution in [-0.4, -0.2) is 132 Å². The second kappa shape index (κ2) is 45.5. The van der Waals surface area contributed by atoms with Gasteiger partial charge in [0.15, 0.2) is 0 Å². The fraction of sp³-hybridized carbons (Fsp3) is 0.266. The van der Waals surface area contributed by atoms with Gasteiger partial charge in [-0.1, -0.05) is 83.1 Å². The summed E-state index contributed by atoms with van der Waals surface area (Å²) in [5.74, 6) is 5.39. The maximum atomic E-state index is 12.9. The van der Waals surface area contributed by atoms with Crippen molar-refractivity contribution in [3.8, 4) is 17.2 Å². The first-order valence-corrected chi connectivity index (χ1v) is 41.1. The average Bonchev–Trinajstić information content (AvgIpc) is 1.63. The molecular weight excluding hydrogens is 1690 g/mol. The third kappa shape index (κ3) is 25.3. The lowest BCUT2D eigenvalue weighted by Gasteiger charge is -2.22. The summed E-state index contributed by atoms with van der Waals surface area (Å²) in [6, 6.07) is 59.5. The molecule has 0 bridgehead atoms. The van der Waals surface area contributed by atoms with E-state index in [2.05, 4.69) is 112 Å². The van der Waals surface area contributed by atoms with Crippen molar-refractivity contribution in [2.75, 3.05) is 69.4 Å². The third-order valence-corrected chi connectivity index (χ3v) is 21.4. The molecule has 123 heavy (non-hydrogen) atoms. The summed E-state index contributed by atoms with van der Waals surface area (Å²) in [6.07, 6.45) is 17.6. The fourth-order valence-corrected chi connectivity index (χ4v) is 14.7. The molecule has 4 atom stereocenters. The highest BCUT2D eigenvalue weighted by atomic mass is 79.9. The number of methoxy groups -OCH3 is 3. The largest absolute Gasteiger partial charge is 0.497 e. The van der Waals surface area contributed by atoms with E-state index in [4.69, 9.17) is 29.4 Å². The Balaban J connectivity index is 0.000000153. The van der Waals surface area contributed by atoms with Crippen LogP contribution in [-0.2, 0) is 35.7 Å². The van der Waals surface area contributed by atoms with Crippen molar-refractivity contribution in [2.45, 2.75) is 119 Å². The van der Waals surface area contributed by atoms with Crippen LogP contribution in [0, 0.1) is 0 Å². The van der Waals surface area contributed by atoms with Crippen LogP contribution >= 0.6 is 31.9 Å². The van der Waals surface area contributed by atoms with E-state index in [0.717, 1.165) is 159 Å². The highest BCUT2D eigenvalue weighted by Gasteiger charge is 2.36. The highest BCUT2D eigenvalue weighted by Crippen LogP contribution is 2.39. The Morgan fingerprint density at radius 2 is 0.756 bits per heavy atom. The molecule has 29 heteroatoms. The van der Waals surface area contributed by atoms with Gasteiger partial charge in [0.1, 0.15) is 65.8 Å². The molecule has 4 unspecified atom stereocenters. The number of carbonyl (C=O) groups excluding carboxylic acids is 5. The number of hydrogen-bond donors (Lipinski definition) is 6. The van der Waals surface area contributed by atoms with Crippen molar-refractivity contribution in [3.63, 3.8) is 0 Å². The van der Waals surface area contributed by atoms with Crippen molar-refractivity contribution in [1.82, 2.24) is 65.2 Å². The van der Waals surface area contributed by atoms with Crippen LogP contribution in [0.1, 0.15) is 189 Å². The second-order valence-electron chi connectivity index (χ2n) is 28.7. The SMILES string of the molecule is C.C.C1CCOC1.C1CCOC1.CC1NC(=O)c2ccc(Nc3ccncn3)cc21.CC1NC(=O)c2ccc(Nc3ccncn3)cc21.COc1ccc(CN2C(=O)c3ccc(Br)cc3C2C)cc1.COc1ccc(CN2C(=O)c3ccc(Nc4ccncn4)cc3C2C)cc1.COc1ccc(CN2Cc3cc(Br)ccc3C2=O)cc1.Nc1ccncn1. The first kappa shape index (κ1) is 92.2. The van der Waals surface area contributed by atoms with Crippen molar-refractivity contribution in [2.24, 2.45) is 0 Å². The van der Waals surface area contributed by atoms with E-state index in [1.54, 1.807) is 70.4 Å². The van der Waals surface area contributed by atoms with Crippen LogP contribution in [0.5, 0.6) is 17.2 Å². The number of hydrogen-bond acceptors (Lipinski definition) is 22. The molecule has 2 fully saturated rings. The van der Waals surface area contributed by atoms with Crippen LogP contribution in [0.15, 0.2) is 247 Å². The van der Waals surface area contributed by atoms with Crippen LogP contribution in [0.25, 0.3) is 0 Å². The maximum absolute atomic E-state index is 12.9. The number of benzene rings is 8. The maximum Gasteiger partial charge on any atom is 0.255 e. The highest BCUT2D eigenvalue weighted by molar-refractivity contribution is 9.10. The van der Waals surface area contributed by atoms with Gasteiger partial charge in [0.05, 0.1) is 45.5 Å². The molecule has 0 radical (unpaired) electrons. The van der Waals surface area contributed by atoms with Gasteiger partial charge < -0.3 is 70.7 Å². The standard InChI is InChI=1S/C21H20N4O2.C17H16BrNO2.C16H14BrNO2.2C13H12N4O.C4H5N3.2C4H8O.2CH4/c1-14-19-11-16(24-20-9-10-22-13-23-20)5-8-18(19)21(26)25(14)12-15-3-6-17(27-2)7-4-15;1-11-16-9-13(18)5-8-15(16)17(20)19(11)10-12-3-6-14(21-2)7-4-12;1-20-14-5-2-11(3-6-14)9-18-10-12-8-13(17)4-7-15(12)16(18)19;2*1-8-11-6-9(2-3-10(11)13(18)16-8)17-12-4-5-14-7-15-12;5-4-1-2-6-3-7-4;2*1-2-4-5-3-1;;/h3-11,13-14H,12H2,1-2H3,(H,22,23,24);3-9,11H,10H2,1-2H3;2-8H,9-10H2,1H3;2*2-8H,1H3,(H,16,18)(H,14,15,17);1-3H,(H2,5,6,7);2*1-4H2;2*1H4. The van der Waals surface area contributed by atoms with Gasteiger partial charge in [-0.05, 0) is 250 Å². The molecule has 27 nitrogen and oxygen atoms in total. The smallest absolute Gasteiger partial charge is 0.255 e. The fourth-order valence-electron chi connectivity index (χ4n) is 13.9. The van der Waals surface area contributed by atoms with Crippen molar-refractivity contribution < 1.29 is 47.7 Å². The number of halogens is 2. The number of nitrogen functional groups attached to an aromatic ring is 1. The van der Waals surface area contributed by atoms with Gasteiger partial charge in [-0.25, -0.2) is 39.9 Å². The number of aromatic nitrogens is 8. The normalized spacial score (nSPS) is 16.0. The molecule has 8 aromatic carbocycles. The molecule has 4 aromatic heterocycles. The lowest BCUT2D eigenvalue weighted by atomic mass is 10.0. The summed E-state index contributed by atoms with van der Waals surface area (Å²) in [6.45, 7) is 14.5.